The van der Waals surface area contributed by atoms with Gasteiger partial charge in [0.2, 0.25) is 0 Å². The van der Waals surface area contributed by atoms with Gasteiger partial charge in [-0.05, 0) is 29.8 Å². The van der Waals surface area contributed by atoms with Gasteiger partial charge in [-0.15, -0.1) is 0 Å². The number of aromatic amines is 1. The van der Waals surface area contributed by atoms with Crippen molar-refractivity contribution in [1.29, 1.82) is 0 Å². The van der Waals surface area contributed by atoms with Crippen LogP contribution in [0, 0.1) is 5.82 Å². The van der Waals surface area contributed by atoms with E-state index in [1.54, 1.807) is 0 Å². The Labute approximate surface area is 111 Å². The Kier molecular flexibility index (Phi) is 3.34. The molecule has 0 saturated carbocycles. The van der Waals surface area contributed by atoms with E-state index in [1.165, 1.54) is 0 Å². The Morgan fingerprint density at radius 2 is 1.65 bits per heavy atom. The number of rotatable bonds is 3. The Bertz CT molecular complexity index is 766. The topological polar surface area (TPSA) is 107 Å². The van der Waals surface area contributed by atoms with Crippen molar-refractivity contribution >= 4 is 11.9 Å². The van der Waals surface area contributed by atoms with Gasteiger partial charge in [-0.25, -0.2) is 14.0 Å². The third kappa shape index (κ3) is 2.56. The standard InChI is InChI=1S/C13H8FNO5/c14-9-2-6(1-7(3-9)12(17)18)10-4-8(13(19)20)5-15-11(10)16/h1-5H,(H,15,16)(H,17,18)(H,19,20). The normalized spacial score (nSPS) is 10.2. The highest BCUT2D eigenvalue weighted by molar-refractivity contribution is 5.91. The minimum Gasteiger partial charge on any atom is -0.478 e. The first-order valence-corrected chi connectivity index (χ1v) is 5.39. The van der Waals surface area contributed by atoms with E-state index < -0.39 is 23.3 Å². The van der Waals surface area contributed by atoms with Crippen LogP contribution in [-0.4, -0.2) is 27.1 Å². The lowest BCUT2D eigenvalue weighted by Gasteiger charge is -2.04. The van der Waals surface area contributed by atoms with Crippen molar-refractivity contribution in [3.8, 4) is 11.1 Å². The highest BCUT2D eigenvalue weighted by Crippen LogP contribution is 2.20. The fraction of sp³-hybridized carbons (Fsp3) is 0. The minimum absolute atomic E-state index is 0.00764. The first-order chi connectivity index (χ1) is 9.38. The molecule has 0 aliphatic carbocycles. The molecule has 0 spiro atoms. The number of carboxylic acids is 2. The fourth-order valence-corrected chi connectivity index (χ4v) is 1.69. The van der Waals surface area contributed by atoms with Gasteiger partial charge >= 0.3 is 11.9 Å². The van der Waals surface area contributed by atoms with Crippen LogP contribution in [-0.2, 0) is 0 Å². The highest BCUT2D eigenvalue weighted by atomic mass is 19.1. The summed E-state index contributed by atoms with van der Waals surface area (Å²) in [4.78, 5) is 35.6. The van der Waals surface area contributed by atoms with Crippen LogP contribution in [0.4, 0.5) is 4.39 Å². The van der Waals surface area contributed by atoms with E-state index in [-0.39, 0.29) is 22.3 Å². The van der Waals surface area contributed by atoms with Gasteiger partial charge in [-0.3, -0.25) is 4.79 Å². The van der Waals surface area contributed by atoms with E-state index >= 15 is 0 Å². The molecular formula is C13H8FNO5. The van der Waals surface area contributed by atoms with Gasteiger partial charge in [0.25, 0.3) is 5.56 Å². The molecule has 2 aromatic rings. The molecule has 0 amide bonds. The van der Waals surface area contributed by atoms with Crippen LogP contribution in [0.25, 0.3) is 11.1 Å². The van der Waals surface area contributed by atoms with Gasteiger partial charge in [0, 0.05) is 11.8 Å². The summed E-state index contributed by atoms with van der Waals surface area (Å²) >= 11 is 0. The quantitative estimate of drug-likeness (QED) is 0.789. The number of nitrogens with one attached hydrogen (secondary N) is 1. The molecule has 102 valence electrons. The Morgan fingerprint density at radius 1 is 1.00 bits per heavy atom. The molecule has 1 heterocycles. The summed E-state index contributed by atoms with van der Waals surface area (Å²) < 4.78 is 13.4. The van der Waals surface area contributed by atoms with Gasteiger partial charge in [-0.2, -0.15) is 0 Å². The molecule has 20 heavy (non-hydrogen) atoms. The van der Waals surface area contributed by atoms with E-state index in [9.17, 15) is 18.8 Å². The molecule has 3 N–H and O–H groups in total. The molecular weight excluding hydrogens is 269 g/mol. The van der Waals surface area contributed by atoms with Crippen LogP contribution in [0.5, 0.6) is 0 Å². The highest BCUT2D eigenvalue weighted by Gasteiger charge is 2.13. The Balaban J connectivity index is 2.67. The summed E-state index contributed by atoms with van der Waals surface area (Å²) in [6, 6.07) is 3.92. The molecule has 0 fully saturated rings. The largest absolute Gasteiger partial charge is 0.478 e. The van der Waals surface area contributed by atoms with Crippen molar-refractivity contribution in [2.24, 2.45) is 0 Å². The second-order valence-electron chi connectivity index (χ2n) is 3.97. The molecule has 6 nitrogen and oxygen atoms in total. The zero-order valence-corrected chi connectivity index (χ0v) is 9.88. The SMILES string of the molecule is O=C(O)c1cc(F)cc(-c2cc(C(=O)O)c[nH]c2=O)c1. The third-order valence-corrected chi connectivity index (χ3v) is 2.61. The molecule has 0 aliphatic rings. The van der Waals surface area contributed by atoms with Gasteiger partial charge in [0.1, 0.15) is 5.82 Å². The average molecular weight is 277 g/mol. The van der Waals surface area contributed by atoms with E-state index in [0.717, 1.165) is 30.5 Å². The maximum Gasteiger partial charge on any atom is 0.337 e. The molecule has 0 radical (unpaired) electrons. The van der Waals surface area contributed by atoms with Gasteiger partial charge in [0.05, 0.1) is 11.1 Å². The van der Waals surface area contributed by atoms with Crippen molar-refractivity contribution in [3.05, 3.63) is 57.8 Å². The zero-order valence-electron chi connectivity index (χ0n) is 9.88. The summed E-state index contributed by atoms with van der Waals surface area (Å²) in [6.07, 6.45) is 1.01. The lowest BCUT2D eigenvalue weighted by atomic mass is 10.0. The van der Waals surface area contributed by atoms with E-state index in [0.29, 0.717) is 0 Å². The van der Waals surface area contributed by atoms with Gasteiger partial charge in [-0.1, -0.05) is 0 Å². The molecule has 1 aromatic carbocycles. The number of halogens is 1. The van der Waals surface area contributed by atoms with Crippen molar-refractivity contribution in [1.82, 2.24) is 4.98 Å². The van der Waals surface area contributed by atoms with Crippen LogP contribution < -0.4 is 5.56 Å². The number of aromatic carboxylic acids is 2. The molecule has 7 heteroatoms. The zero-order chi connectivity index (χ0) is 14.9. The van der Waals surface area contributed by atoms with Crippen LogP contribution in [0.15, 0.2) is 35.3 Å². The number of carbonyl (C=O) groups is 2. The molecule has 0 aliphatic heterocycles. The number of hydrogen-bond acceptors (Lipinski definition) is 3. The van der Waals surface area contributed by atoms with E-state index in [2.05, 4.69) is 4.98 Å². The lowest BCUT2D eigenvalue weighted by molar-refractivity contribution is 0.0685. The number of carboxylic acid groups (broad SMARTS) is 2. The number of hydrogen-bond donors (Lipinski definition) is 3. The summed E-state index contributed by atoms with van der Waals surface area (Å²) in [5, 5.41) is 17.7. The predicted octanol–water partition coefficient (Wildman–Crippen LogP) is 1.58. The second-order valence-corrected chi connectivity index (χ2v) is 3.97. The maximum absolute atomic E-state index is 13.4. The lowest BCUT2D eigenvalue weighted by Crippen LogP contribution is -2.12. The summed E-state index contributed by atoms with van der Waals surface area (Å²) in [7, 11) is 0. The predicted molar refractivity (Wildman–Crippen MR) is 66.4 cm³/mol. The summed E-state index contributed by atoms with van der Waals surface area (Å²) in [5.41, 5.74) is -1.29. The Hall–Kier alpha value is -2.96. The van der Waals surface area contributed by atoms with E-state index in [4.69, 9.17) is 10.2 Å². The summed E-state index contributed by atoms with van der Waals surface area (Å²) in [5.74, 6) is -3.45. The van der Waals surface area contributed by atoms with Crippen LogP contribution in [0.2, 0.25) is 0 Å². The molecule has 2 rings (SSSR count). The van der Waals surface area contributed by atoms with Gasteiger partial charge < -0.3 is 15.2 Å². The number of pyridine rings is 1. The van der Waals surface area contributed by atoms with Crippen molar-refractivity contribution < 1.29 is 24.2 Å². The van der Waals surface area contributed by atoms with Gasteiger partial charge in [0.15, 0.2) is 0 Å². The number of H-pyrrole nitrogens is 1. The molecule has 0 bridgehead atoms. The van der Waals surface area contributed by atoms with Crippen LogP contribution in [0.1, 0.15) is 20.7 Å². The van der Waals surface area contributed by atoms with Crippen molar-refractivity contribution in [2.45, 2.75) is 0 Å². The maximum atomic E-state index is 13.4. The smallest absolute Gasteiger partial charge is 0.337 e. The molecule has 0 saturated heterocycles. The monoisotopic (exact) mass is 277 g/mol. The molecule has 0 unspecified atom stereocenters. The van der Waals surface area contributed by atoms with Crippen LogP contribution >= 0.6 is 0 Å². The van der Waals surface area contributed by atoms with Crippen molar-refractivity contribution in [2.75, 3.05) is 0 Å². The second kappa shape index (κ2) is 4.96. The van der Waals surface area contributed by atoms with E-state index in [1.807, 2.05) is 0 Å². The minimum atomic E-state index is -1.35. The molecule has 1 aromatic heterocycles. The average Bonchev–Trinajstić information content (AvgIpc) is 2.38. The van der Waals surface area contributed by atoms with Crippen LogP contribution in [0.3, 0.4) is 0 Å². The Morgan fingerprint density at radius 3 is 2.25 bits per heavy atom. The van der Waals surface area contributed by atoms with Crippen molar-refractivity contribution in [3.63, 3.8) is 0 Å². The first-order valence-electron chi connectivity index (χ1n) is 5.39. The first kappa shape index (κ1) is 13.5. The number of benzene rings is 1. The fourth-order valence-electron chi connectivity index (χ4n) is 1.69. The number of aromatic nitrogens is 1. The third-order valence-electron chi connectivity index (χ3n) is 2.61. The summed E-state index contributed by atoms with van der Waals surface area (Å²) in [6.45, 7) is 0. The molecule has 0 atom stereocenters.